The molecule has 42 heavy (non-hydrogen) atoms. The molecule has 0 saturated carbocycles. The Morgan fingerprint density at radius 3 is 2.62 bits per heavy atom. The maximum Gasteiger partial charge on any atom is 0.175 e. The molecule has 1 aliphatic carbocycles. The number of nitrogens with zero attached hydrogens (tertiary/aromatic N) is 1. The number of nitrogens with one attached hydrogen (secondary N) is 1. The lowest BCUT2D eigenvalue weighted by Gasteiger charge is -2.37. The highest BCUT2D eigenvalue weighted by atomic mass is 79.9. The fourth-order valence-corrected chi connectivity index (χ4v) is 6.85. The zero-order valence-electron chi connectivity index (χ0n) is 23.4. The maximum absolute atomic E-state index is 6.33. The third kappa shape index (κ3) is 6.10. The van der Waals surface area contributed by atoms with E-state index < -0.39 is 0 Å². The second kappa shape index (κ2) is 12.5. The number of ether oxygens (including phenoxy) is 2. The quantitative estimate of drug-likeness (QED) is 0.151. The number of hydrogen-bond donors (Lipinski definition) is 1. The van der Waals surface area contributed by atoms with E-state index in [2.05, 4.69) is 82.8 Å². The van der Waals surface area contributed by atoms with Crippen LogP contribution >= 0.6 is 39.1 Å². The van der Waals surface area contributed by atoms with Crippen molar-refractivity contribution in [2.75, 3.05) is 11.9 Å². The lowest BCUT2D eigenvalue weighted by Crippen LogP contribution is -2.29. The molecule has 6 rings (SSSR count). The summed E-state index contributed by atoms with van der Waals surface area (Å²) >= 11 is 16.0. The molecule has 0 amide bonds. The second-order valence-corrected chi connectivity index (χ2v) is 12.4. The Balaban J connectivity index is 1.18. The first-order valence-electron chi connectivity index (χ1n) is 14.1. The molecule has 0 bridgehead atoms. The van der Waals surface area contributed by atoms with Crippen LogP contribution in [0.15, 0.2) is 94.4 Å². The average Bonchev–Trinajstić information content (AvgIpc) is 3.47. The van der Waals surface area contributed by atoms with Gasteiger partial charge < -0.3 is 14.8 Å². The van der Waals surface area contributed by atoms with Crippen LogP contribution in [0.2, 0.25) is 10.0 Å². The van der Waals surface area contributed by atoms with Crippen molar-refractivity contribution in [1.82, 2.24) is 0 Å². The van der Waals surface area contributed by atoms with Crippen molar-refractivity contribution < 1.29 is 9.47 Å². The Bertz CT molecular complexity index is 1670. The number of halogens is 3. The Hall–Kier alpha value is -3.25. The lowest BCUT2D eigenvalue weighted by atomic mass is 9.76. The third-order valence-electron chi connectivity index (χ3n) is 7.85. The smallest absolute Gasteiger partial charge is 0.175 e. The van der Waals surface area contributed by atoms with Gasteiger partial charge in [0.05, 0.1) is 22.8 Å². The van der Waals surface area contributed by atoms with E-state index in [1.165, 1.54) is 22.4 Å². The highest BCUT2D eigenvalue weighted by Crippen LogP contribution is 2.50. The monoisotopic (exact) mass is 660 g/mol. The summed E-state index contributed by atoms with van der Waals surface area (Å²) in [6, 6.07) is 24.8. The first-order valence-corrected chi connectivity index (χ1v) is 15.7. The summed E-state index contributed by atoms with van der Waals surface area (Å²) in [5.41, 5.74) is 7.86. The molecule has 4 aromatic carbocycles. The van der Waals surface area contributed by atoms with Crippen molar-refractivity contribution in [2.24, 2.45) is 10.9 Å². The van der Waals surface area contributed by atoms with Gasteiger partial charge in [-0.15, -0.1) is 0 Å². The van der Waals surface area contributed by atoms with Crippen LogP contribution in [0.3, 0.4) is 0 Å². The molecule has 1 aliphatic heterocycles. The number of fused-ring (bicyclic) bond motifs is 3. The average molecular weight is 662 g/mol. The number of hydrogen-bond acceptors (Lipinski definition) is 4. The van der Waals surface area contributed by atoms with Gasteiger partial charge in [-0.2, -0.15) is 0 Å². The van der Waals surface area contributed by atoms with Crippen molar-refractivity contribution >= 4 is 56.7 Å². The molecule has 3 atom stereocenters. The van der Waals surface area contributed by atoms with E-state index in [0.717, 1.165) is 27.7 Å². The van der Waals surface area contributed by atoms with Crippen molar-refractivity contribution in [3.63, 3.8) is 0 Å². The van der Waals surface area contributed by atoms with E-state index in [4.69, 9.17) is 37.7 Å². The SMILES string of the molecule is CCOc1cc(C=Nc2ccc([C@@H]3Nc4ccc(C)cc4[C@@H]4C=CC[C@@H]43)cc2)cc(Br)c1OCc1ccc(Cl)cc1Cl. The summed E-state index contributed by atoms with van der Waals surface area (Å²) in [4.78, 5) is 4.76. The van der Waals surface area contributed by atoms with Gasteiger partial charge >= 0.3 is 0 Å². The van der Waals surface area contributed by atoms with E-state index in [9.17, 15) is 0 Å². The number of benzene rings is 4. The minimum absolute atomic E-state index is 0.262. The maximum atomic E-state index is 6.33. The second-order valence-electron chi connectivity index (χ2n) is 10.7. The zero-order chi connectivity index (χ0) is 29.2. The van der Waals surface area contributed by atoms with Crippen LogP contribution in [0.25, 0.3) is 0 Å². The molecule has 0 unspecified atom stereocenters. The fraction of sp³-hybridized carbons (Fsp3) is 0.229. The minimum atomic E-state index is 0.262. The van der Waals surface area contributed by atoms with Gasteiger partial charge in [-0.25, -0.2) is 0 Å². The van der Waals surface area contributed by atoms with Gasteiger partial charge in [-0.05, 0) is 101 Å². The molecule has 0 saturated heterocycles. The molecule has 0 radical (unpaired) electrons. The number of allylic oxidation sites excluding steroid dienone is 2. The summed E-state index contributed by atoms with van der Waals surface area (Å²) in [5.74, 6) is 2.21. The van der Waals surface area contributed by atoms with Crippen molar-refractivity contribution in [1.29, 1.82) is 0 Å². The van der Waals surface area contributed by atoms with Crippen LogP contribution in [-0.2, 0) is 6.61 Å². The Labute approximate surface area is 265 Å². The van der Waals surface area contributed by atoms with Gasteiger partial charge in [0.1, 0.15) is 6.61 Å². The predicted molar refractivity (Wildman–Crippen MR) is 177 cm³/mol. The standard InChI is InChI=1S/C35H31BrCl2N2O2/c1-3-41-33-17-22(16-30(36)35(33)42-20-24-8-11-25(37)18-31(24)38)19-39-26-12-9-23(10-13-26)34-28-6-4-5-27(28)29-15-21(2)7-14-32(29)40-34/h4-5,7-19,27-28,34,40H,3,6,20H2,1-2H3/t27-,28+,34+/m1/s1. The van der Waals surface area contributed by atoms with Crippen LogP contribution in [-0.4, -0.2) is 12.8 Å². The molecule has 2 aliphatic rings. The fourth-order valence-electron chi connectivity index (χ4n) is 5.81. The van der Waals surface area contributed by atoms with Gasteiger partial charge in [0.2, 0.25) is 0 Å². The molecule has 1 N–H and O–H groups in total. The molecule has 214 valence electrons. The van der Waals surface area contributed by atoms with Crippen LogP contribution in [0.1, 0.15) is 53.1 Å². The Morgan fingerprint density at radius 1 is 1.00 bits per heavy atom. The molecule has 0 fully saturated rings. The molecule has 4 aromatic rings. The van der Waals surface area contributed by atoms with Crippen LogP contribution in [0, 0.1) is 12.8 Å². The number of anilines is 1. The van der Waals surface area contributed by atoms with E-state index >= 15 is 0 Å². The Kier molecular flexibility index (Phi) is 8.62. The zero-order valence-corrected chi connectivity index (χ0v) is 26.5. The third-order valence-corrected chi connectivity index (χ3v) is 9.03. The van der Waals surface area contributed by atoms with E-state index in [1.807, 2.05) is 31.3 Å². The number of aliphatic imine (C=N–C) groups is 1. The van der Waals surface area contributed by atoms with Gasteiger partial charge in [-0.1, -0.05) is 71.2 Å². The van der Waals surface area contributed by atoms with Gasteiger partial charge in [-0.3, -0.25) is 4.99 Å². The number of rotatable bonds is 8. The topological polar surface area (TPSA) is 42.8 Å². The molecule has 0 aromatic heterocycles. The summed E-state index contributed by atoms with van der Waals surface area (Å²) in [5, 5.41) is 4.97. The van der Waals surface area contributed by atoms with Gasteiger partial charge in [0, 0.05) is 33.4 Å². The predicted octanol–water partition coefficient (Wildman–Crippen LogP) is 10.6. The first-order chi connectivity index (χ1) is 20.4. The largest absolute Gasteiger partial charge is 0.490 e. The van der Waals surface area contributed by atoms with Gasteiger partial charge in [0.25, 0.3) is 0 Å². The van der Waals surface area contributed by atoms with Crippen LogP contribution in [0.4, 0.5) is 11.4 Å². The number of aryl methyl sites for hydroxylation is 1. The Morgan fingerprint density at radius 2 is 1.83 bits per heavy atom. The van der Waals surface area contributed by atoms with Crippen molar-refractivity contribution in [3.05, 3.63) is 127 Å². The molecule has 7 heteroatoms. The van der Waals surface area contributed by atoms with Crippen molar-refractivity contribution in [3.8, 4) is 11.5 Å². The highest BCUT2D eigenvalue weighted by molar-refractivity contribution is 9.10. The van der Waals surface area contributed by atoms with Crippen LogP contribution in [0.5, 0.6) is 11.5 Å². The minimum Gasteiger partial charge on any atom is -0.490 e. The summed E-state index contributed by atoms with van der Waals surface area (Å²) in [7, 11) is 0. The van der Waals surface area contributed by atoms with E-state index in [-0.39, 0.29) is 12.6 Å². The molecular weight excluding hydrogens is 631 g/mol. The van der Waals surface area contributed by atoms with Crippen molar-refractivity contribution in [2.45, 2.75) is 38.8 Å². The van der Waals surface area contributed by atoms with Crippen LogP contribution < -0.4 is 14.8 Å². The summed E-state index contributed by atoms with van der Waals surface area (Å²) < 4.78 is 12.8. The van der Waals surface area contributed by atoms with E-state index in [1.54, 1.807) is 12.1 Å². The van der Waals surface area contributed by atoms with E-state index in [0.29, 0.717) is 40.0 Å². The highest BCUT2D eigenvalue weighted by Gasteiger charge is 2.37. The summed E-state index contributed by atoms with van der Waals surface area (Å²) in [6.45, 7) is 4.90. The van der Waals surface area contributed by atoms with Gasteiger partial charge in [0.15, 0.2) is 11.5 Å². The summed E-state index contributed by atoms with van der Waals surface area (Å²) in [6.07, 6.45) is 7.64. The molecule has 4 nitrogen and oxygen atoms in total. The normalized spacial score (nSPS) is 18.9. The lowest BCUT2D eigenvalue weighted by molar-refractivity contribution is 0.267. The molecule has 0 spiro atoms. The molecule has 1 heterocycles. The molecular formula is C35H31BrCl2N2O2. The first kappa shape index (κ1) is 28.9.